The number of pyridine rings is 1. The molecule has 0 amide bonds. The SMILES string of the molecule is Cc1cnc(N)c(C(O)CNC2CC2)c1. The zero-order chi connectivity index (χ0) is 10.8. The summed E-state index contributed by atoms with van der Waals surface area (Å²) in [6, 6.07) is 2.49. The largest absolute Gasteiger partial charge is 0.387 e. The van der Waals surface area contributed by atoms with E-state index in [1.54, 1.807) is 6.20 Å². The molecule has 1 atom stereocenters. The number of nitrogens with zero attached hydrogens (tertiary/aromatic N) is 1. The van der Waals surface area contributed by atoms with Crippen LogP contribution in [0.4, 0.5) is 5.82 Å². The highest BCUT2D eigenvalue weighted by Crippen LogP contribution is 2.22. The fourth-order valence-electron chi connectivity index (χ4n) is 1.54. The molecular weight excluding hydrogens is 190 g/mol. The number of rotatable bonds is 4. The third kappa shape index (κ3) is 2.67. The highest BCUT2D eigenvalue weighted by atomic mass is 16.3. The number of aliphatic hydroxyl groups is 1. The van der Waals surface area contributed by atoms with Crippen LogP contribution < -0.4 is 11.1 Å². The number of aromatic nitrogens is 1. The number of nitrogens with two attached hydrogens (primary N) is 1. The topological polar surface area (TPSA) is 71.2 Å². The molecule has 1 fully saturated rings. The molecule has 0 aromatic carbocycles. The first-order chi connectivity index (χ1) is 7.16. The van der Waals surface area contributed by atoms with Crippen LogP contribution >= 0.6 is 0 Å². The quantitative estimate of drug-likeness (QED) is 0.681. The summed E-state index contributed by atoms with van der Waals surface area (Å²) in [6.45, 7) is 2.50. The van der Waals surface area contributed by atoms with Gasteiger partial charge in [-0.05, 0) is 31.4 Å². The lowest BCUT2D eigenvalue weighted by molar-refractivity contribution is 0.174. The molecule has 1 heterocycles. The molecule has 0 spiro atoms. The van der Waals surface area contributed by atoms with Crippen molar-refractivity contribution in [3.8, 4) is 0 Å². The zero-order valence-corrected chi connectivity index (χ0v) is 8.90. The van der Waals surface area contributed by atoms with Crippen LogP contribution in [0, 0.1) is 6.92 Å². The Labute approximate surface area is 89.5 Å². The Balaban J connectivity index is 2.02. The molecule has 4 heteroatoms. The lowest BCUT2D eigenvalue weighted by Crippen LogP contribution is -2.24. The Morgan fingerprint density at radius 3 is 3.07 bits per heavy atom. The van der Waals surface area contributed by atoms with Crippen molar-refractivity contribution in [3.05, 3.63) is 23.4 Å². The molecule has 1 aromatic rings. The lowest BCUT2D eigenvalue weighted by atomic mass is 10.1. The van der Waals surface area contributed by atoms with Crippen LogP contribution in [0.3, 0.4) is 0 Å². The smallest absolute Gasteiger partial charge is 0.129 e. The minimum atomic E-state index is -0.557. The van der Waals surface area contributed by atoms with Crippen LogP contribution in [0.25, 0.3) is 0 Å². The van der Waals surface area contributed by atoms with E-state index < -0.39 is 6.10 Å². The summed E-state index contributed by atoms with van der Waals surface area (Å²) < 4.78 is 0. The fraction of sp³-hybridized carbons (Fsp3) is 0.545. The monoisotopic (exact) mass is 207 g/mol. The molecule has 4 N–H and O–H groups in total. The molecule has 1 aliphatic rings. The normalized spacial score (nSPS) is 17.7. The molecular formula is C11H17N3O. The summed E-state index contributed by atoms with van der Waals surface area (Å²) in [5, 5.41) is 13.2. The van der Waals surface area contributed by atoms with E-state index in [4.69, 9.17) is 5.73 Å². The first kappa shape index (κ1) is 10.4. The molecule has 15 heavy (non-hydrogen) atoms. The Morgan fingerprint density at radius 1 is 1.67 bits per heavy atom. The minimum Gasteiger partial charge on any atom is -0.387 e. The second-order valence-electron chi connectivity index (χ2n) is 4.19. The lowest BCUT2D eigenvalue weighted by Gasteiger charge is -2.13. The van der Waals surface area contributed by atoms with Gasteiger partial charge in [-0.3, -0.25) is 0 Å². The van der Waals surface area contributed by atoms with Gasteiger partial charge >= 0.3 is 0 Å². The van der Waals surface area contributed by atoms with Crippen molar-refractivity contribution in [3.63, 3.8) is 0 Å². The summed E-state index contributed by atoms with van der Waals surface area (Å²) in [6.07, 6.45) is 3.58. The molecule has 4 nitrogen and oxygen atoms in total. The summed E-state index contributed by atoms with van der Waals surface area (Å²) >= 11 is 0. The van der Waals surface area contributed by atoms with Gasteiger partial charge in [0.2, 0.25) is 0 Å². The highest BCUT2D eigenvalue weighted by molar-refractivity contribution is 5.42. The third-order valence-electron chi connectivity index (χ3n) is 2.62. The number of nitrogens with one attached hydrogen (secondary N) is 1. The van der Waals surface area contributed by atoms with E-state index in [-0.39, 0.29) is 0 Å². The molecule has 1 saturated carbocycles. The van der Waals surface area contributed by atoms with E-state index in [2.05, 4.69) is 10.3 Å². The maximum absolute atomic E-state index is 9.92. The van der Waals surface area contributed by atoms with Crippen LogP contribution in [0.2, 0.25) is 0 Å². The van der Waals surface area contributed by atoms with Gasteiger partial charge in [0, 0.05) is 24.3 Å². The van der Waals surface area contributed by atoms with Gasteiger partial charge in [-0.2, -0.15) is 0 Å². The van der Waals surface area contributed by atoms with Crippen LogP contribution in [0.1, 0.15) is 30.1 Å². The average Bonchev–Trinajstić information content (AvgIpc) is 3.02. The molecule has 1 aliphatic carbocycles. The number of hydrogen-bond donors (Lipinski definition) is 3. The number of aliphatic hydroxyl groups excluding tert-OH is 1. The van der Waals surface area contributed by atoms with Gasteiger partial charge in [-0.1, -0.05) is 0 Å². The van der Waals surface area contributed by atoms with Crippen LogP contribution in [0.15, 0.2) is 12.3 Å². The summed E-state index contributed by atoms with van der Waals surface area (Å²) in [7, 11) is 0. The summed E-state index contributed by atoms with van der Waals surface area (Å²) in [5.41, 5.74) is 7.46. The number of aryl methyl sites for hydroxylation is 1. The highest BCUT2D eigenvalue weighted by Gasteiger charge is 2.22. The van der Waals surface area contributed by atoms with Gasteiger partial charge in [0.25, 0.3) is 0 Å². The van der Waals surface area contributed by atoms with E-state index in [0.29, 0.717) is 18.4 Å². The van der Waals surface area contributed by atoms with Gasteiger partial charge < -0.3 is 16.2 Å². The Kier molecular flexibility index (Phi) is 2.88. The van der Waals surface area contributed by atoms with Crippen molar-refractivity contribution in [2.45, 2.75) is 31.9 Å². The van der Waals surface area contributed by atoms with Gasteiger partial charge in [-0.15, -0.1) is 0 Å². The van der Waals surface area contributed by atoms with Crippen molar-refractivity contribution in [2.24, 2.45) is 0 Å². The molecule has 0 saturated heterocycles. The second-order valence-corrected chi connectivity index (χ2v) is 4.19. The van der Waals surface area contributed by atoms with Crippen molar-refractivity contribution in [1.82, 2.24) is 10.3 Å². The predicted octanol–water partition coefficient (Wildman–Crippen LogP) is 0.758. The van der Waals surface area contributed by atoms with Gasteiger partial charge in [-0.25, -0.2) is 4.98 Å². The number of hydrogen-bond acceptors (Lipinski definition) is 4. The van der Waals surface area contributed by atoms with Crippen molar-refractivity contribution in [2.75, 3.05) is 12.3 Å². The van der Waals surface area contributed by atoms with E-state index >= 15 is 0 Å². The van der Waals surface area contributed by atoms with Crippen molar-refractivity contribution in [1.29, 1.82) is 0 Å². The zero-order valence-electron chi connectivity index (χ0n) is 8.90. The second kappa shape index (κ2) is 4.16. The summed E-state index contributed by atoms with van der Waals surface area (Å²) in [5.74, 6) is 0.422. The Bertz CT molecular complexity index is 350. The number of nitrogen functional groups attached to an aromatic ring is 1. The van der Waals surface area contributed by atoms with Crippen LogP contribution in [-0.4, -0.2) is 22.7 Å². The molecule has 0 bridgehead atoms. The van der Waals surface area contributed by atoms with E-state index in [1.807, 2.05) is 13.0 Å². The molecule has 1 unspecified atom stereocenters. The van der Waals surface area contributed by atoms with E-state index in [1.165, 1.54) is 12.8 Å². The minimum absolute atomic E-state index is 0.422. The Morgan fingerprint density at radius 2 is 2.40 bits per heavy atom. The maximum Gasteiger partial charge on any atom is 0.129 e. The molecule has 2 rings (SSSR count). The van der Waals surface area contributed by atoms with Gasteiger partial charge in [0.1, 0.15) is 5.82 Å². The maximum atomic E-state index is 9.92. The molecule has 0 radical (unpaired) electrons. The number of anilines is 1. The molecule has 82 valence electrons. The first-order valence-electron chi connectivity index (χ1n) is 5.30. The summed E-state index contributed by atoms with van der Waals surface area (Å²) in [4.78, 5) is 4.03. The molecule has 0 aliphatic heterocycles. The predicted molar refractivity (Wildman–Crippen MR) is 59.4 cm³/mol. The molecule has 1 aromatic heterocycles. The third-order valence-corrected chi connectivity index (χ3v) is 2.62. The van der Waals surface area contributed by atoms with Crippen molar-refractivity contribution < 1.29 is 5.11 Å². The van der Waals surface area contributed by atoms with E-state index in [9.17, 15) is 5.11 Å². The average molecular weight is 207 g/mol. The van der Waals surface area contributed by atoms with E-state index in [0.717, 1.165) is 11.1 Å². The fourth-order valence-corrected chi connectivity index (χ4v) is 1.54. The van der Waals surface area contributed by atoms with Crippen LogP contribution in [0.5, 0.6) is 0 Å². The standard InChI is InChI=1S/C11H17N3O/c1-7-4-9(11(12)14-5-7)10(15)6-13-8-2-3-8/h4-5,8,10,13,15H,2-3,6H2,1H3,(H2,12,14). The van der Waals surface area contributed by atoms with Gasteiger partial charge in [0.15, 0.2) is 0 Å². The first-order valence-corrected chi connectivity index (χ1v) is 5.30. The van der Waals surface area contributed by atoms with Crippen LogP contribution in [-0.2, 0) is 0 Å². The Hall–Kier alpha value is -1.13. The van der Waals surface area contributed by atoms with Gasteiger partial charge in [0.05, 0.1) is 6.10 Å². The van der Waals surface area contributed by atoms with Crippen molar-refractivity contribution >= 4 is 5.82 Å².